The fourth-order valence-corrected chi connectivity index (χ4v) is 4.03. The number of hydrogen-bond acceptors (Lipinski definition) is 7. The number of benzene rings is 1. The quantitative estimate of drug-likeness (QED) is 0.290. The molecule has 0 aliphatic carbocycles. The number of pyridine rings is 1. The SMILES string of the molecule is CC(C)N(C=N)C(=N)c1cccc(N2Cc3c(cc(OCCN(C)C)cc3S(=O)O)C2=O)n1. The third-order valence-electron chi connectivity index (χ3n) is 5.18. The van der Waals surface area contributed by atoms with E-state index in [2.05, 4.69) is 4.98 Å². The highest BCUT2D eigenvalue weighted by atomic mass is 32.2. The standard InChI is InChI=1S/C22H28N6O4S/c1-14(2)28(13-23)21(24)18-6-5-7-20(25-18)27-12-17-16(22(27)29)10-15(11-19(17)33(30)31)32-9-8-26(3)4/h5-7,10-11,13-14,23-24H,8-9,12H2,1-4H3,(H,30,31). The molecular weight excluding hydrogens is 444 g/mol. The Hall–Kier alpha value is -3.15. The van der Waals surface area contributed by atoms with Gasteiger partial charge in [0, 0.05) is 23.7 Å². The molecule has 1 aromatic heterocycles. The molecule has 176 valence electrons. The average Bonchev–Trinajstić information content (AvgIpc) is 3.09. The molecule has 1 atom stereocenters. The van der Waals surface area contributed by atoms with Crippen LogP contribution in [0.4, 0.5) is 5.82 Å². The highest BCUT2D eigenvalue weighted by molar-refractivity contribution is 7.79. The summed E-state index contributed by atoms with van der Waals surface area (Å²) >= 11 is -2.30. The van der Waals surface area contributed by atoms with Gasteiger partial charge in [-0.25, -0.2) is 9.19 Å². The van der Waals surface area contributed by atoms with Gasteiger partial charge in [0.25, 0.3) is 5.91 Å². The highest BCUT2D eigenvalue weighted by Gasteiger charge is 2.34. The van der Waals surface area contributed by atoms with Crippen LogP contribution in [0.3, 0.4) is 0 Å². The molecule has 2 aromatic rings. The Morgan fingerprint density at radius 1 is 1.36 bits per heavy atom. The minimum Gasteiger partial charge on any atom is -0.492 e. The third-order valence-corrected chi connectivity index (χ3v) is 5.92. The summed E-state index contributed by atoms with van der Waals surface area (Å²) in [5, 5.41) is 16.0. The number of amidine groups is 1. The van der Waals surface area contributed by atoms with Crippen molar-refractivity contribution in [2.24, 2.45) is 0 Å². The summed E-state index contributed by atoms with van der Waals surface area (Å²) in [5.41, 5.74) is 1.05. The molecule has 1 aromatic carbocycles. The summed E-state index contributed by atoms with van der Waals surface area (Å²) < 4.78 is 27.5. The summed E-state index contributed by atoms with van der Waals surface area (Å²) in [6.45, 7) is 4.82. The van der Waals surface area contributed by atoms with Crippen LogP contribution in [0, 0.1) is 10.8 Å². The number of aromatic nitrogens is 1. The lowest BCUT2D eigenvalue weighted by atomic mass is 10.1. The van der Waals surface area contributed by atoms with E-state index in [0.717, 1.165) is 6.34 Å². The van der Waals surface area contributed by atoms with Crippen LogP contribution in [0.25, 0.3) is 0 Å². The predicted octanol–water partition coefficient (Wildman–Crippen LogP) is 2.41. The first kappa shape index (κ1) is 24.5. The maximum atomic E-state index is 13.2. The van der Waals surface area contributed by atoms with Gasteiger partial charge < -0.3 is 19.1 Å². The van der Waals surface area contributed by atoms with Gasteiger partial charge in [-0.15, -0.1) is 0 Å². The lowest BCUT2D eigenvalue weighted by Gasteiger charge is -2.24. The van der Waals surface area contributed by atoms with Gasteiger partial charge in [0.15, 0.2) is 16.9 Å². The van der Waals surface area contributed by atoms with Crippen molar-refractivity contribution in [2.45, 2.75) is 31.3 Å². The fraction of sp³-hybridized carbons (Fsp3) is 0.364. The van der Waals surface area contributed by atoms with Crippen molar-refractivity contribution in [3.63, 3.8) is 0 Å². The first-order valence-electron chi connectivity index (χ1n) is 10.4. The van der Waals surface area contributed by atoms with Crippen molar-refractivity contribution in [1.29, 1.82) is 10.8 Å². The van der Waals surface area contributed by atoms with Crippen molar-refractivity contribution in [3.05, 3.63) is 47.2 Å². The summed E-state index contributed by atoms with van der Waals surface area (Å²) in [7, 11) is 3.82. The molecule has 1 unspecified atom stereocenters. The minimum absolute atomic E-state index is 0.0414. The van der Waals surface area contributed by atoms with Crippen molar-refractivity contribution in [1.82, 2.24) is 14.8 Å². The van der Waals surface area contributed by atoms with Gasteiger partial charge in [-0.3, -0.25) is 20.5 Å². The lowest BCUT2D eigenvalue weighted by molar-refractivity contribution is 0.0995. The third kappa shape index (κ3) is 5.27. The predicted molar refractivity (Wildman–Crippen MR) is 127 cm³/mol. The first-order valence-corrected chi connectivity index (χ1v) is 11.5. The number of rotatable bonds is 9. The number of carbonyl (C=O) groups excluding carboxylic acids is 1. The lowest BCUT2D eigenvalue weighted by Crippen LogP contribution is -2.36. The van der Waals surface area contributed by atoms with E-state index in [1.807, 2.05) is 32.8 Å². The van der Waals surface area contributed by atoms with Gasteiger partial charge in [-0.2, -0.15) is 0 Å². The Balaban J connectivity index is 1.93. The van der Waals surface area contributed by atoms with E-state index in [1.54, 1.807) is 24.3 Å². The van der Waals surface area contributed by atoms with Gasteiger partial charge in [0.1, 0.15) is 23.9 Å². The largest absolute Gasteiger partial charge is 0.492 e. The number of nitrogens with zero attached hydrogens (tertiary/aromatic N) is 4. The number of fused-ring (bicyclic) bond motifs is 1. The zero-order chi connectivity index (χ0) is 24.3. The maximum absolute atomic E-state index is 13.2. The summed E-state index contributed by atoms with van der Waals surface area (Å²) in [6.07, 6.45) is 1.07. The van der Waals surface area contributed by atoms with Gasteiger partial charge in [0.2, 0.25) is 0 Å². The number of nitrogens with one attached hydrogen (secondary N) is 2. The number of hydrogen-bond donors (Lipinski definition) is 3. The molecule has 0 radical (unpaired) electrons. The second-order valence-corrected chi connectivity index (χ2v) is 9.04. The monoisotopic (exact) mass is 472 g/mol. The summed E-state index contributed by atoms with van der Waals surface area (Å²) in [6, 6.07) is 7.95. The second kappa shape index (κ2) is 10.2. The molecule has 0 fully saturated rings. The molecule has 2 heterocycles. The number of anilines is 1. The Labute approximate surface area is 195 Å². The molecule has 1 amide bonds. The Bertz CT molecular complexity index is 1100. The first-order chi connectivity index (χ1) is 15.6. The Morgan fingerprint density at radius 2 is 2.09 bits per heavy atom. The van der Waals surface area contributed by atoms with Gasteiger partial charge in [-0.1, -0.05) is 6.07 Å². The number of ether oxygens (including phenoxy) is 1. The van der Waals surface area contributed by atoms with Crippen molar-refractivity contribution in [2.75, 3.05) is 32.1 Å². The van der Waals surface area contributed by atoms with Crippen LogP contribution in [-0.2, 0) is 17.6 Å². The molecule has 0 saturated heterocycles. The topological polar surface area (TPSA) is 134 Å². The zero-order valence-corrected chi connectivity index (χ0v) is 19.8. The van der Waals surface area contributed by atoms with E-state index in [9.17, 15) is 13.6 Å². The summed E-state index contributed by atoms with van der Waals surface area (Å²) in [4.78, 5) is 22.6. The van der Waals surface area contributed by atoms with E-state index < -0.39 is 11.1 Å². The molecule has 1 aliphatic rings. The molecular formula is C22H28N6O4S. The van der Waals surface area contributed by atoms with E-state index in [4.69, 9.17) is 15.6 Å². The van der Waals surface area contributed by atoms with Crippen LogP contribution in [0.1, 0.15) is 35.5 Å². The molecule has 3 N–H and O–H groups in total. The van der Waals surface area contributed by atoms with Gasteiger partial charge in [0.05, 0.1) is 17.8 Å². The van der Waals surface area contributed by atoms with Gasteiger partial charge >= 0.3 is 0 Å². The molecule has 0 bridgehead atoms. The average molecular weight is 473 g/mol. The van der Waals surface area contributed by atoms with Crippen LogP contribution in [0.5, 0.6) is 5.75 Å². The Kier molecular flexibility index (Phi) is 7.57. The molecule has 10 nitrogen and oxygen atoms in total. The van der Waals surface area contributed by atoms with Crippen molar-refractivity contribution < 1.29 is 18.3 Å². The van der Waals surface area contributed by atoms with Gasteiger partial charge in [-0.05, 0) is 52.2 Å². The van der Waals surface area contributed by atoms with E-state index >= 15 is 0 Å². The smallest absolute Gasteiger partial charge is 0.260 e. The maximum Gasteiger partial charge on any atom is 0.260 e. The molecule has 1 aliphatic heterocycles. The second-order valence-electron chi connectivity index (χ2n) is 8.10. The van der Waals surface area contributed by atoms with Crippen molar-refractivity contribution in [3.8, 4) is 5.75 Å². The molecule has 11 heteroatoms. The van der Waals surface area contributed by atoms with E-state index in [-0.39, 0.29) is 29.2 Å². The van der Waals surface area contributed by atoms with Crippen LogP contribution in [-0.4, -0.2) is 74.9 Å². The minimum atomic E-state index is -2.30. The summed E-state index contributed by atoms with van der Waals surface area (Å²) in [5.74, 6) is 0.348. The molecule has 0 saturated carbocycles. The normalized spacial score (nSPS) is 13.9. The highest BCUT2D eigenvalue weighted by Crippen LogP contribution is 2.34. The number of amides is 1. The van der Waals surface area contributed by atoms with Crippen LogP contribution < -0.4 is 9.64 Å². The molecule has 3 rings (SSSR count). The Morgan fingerprint density at radius 3 is 2.70 bits per heavy atom. The number of likely N-dealkylation sites (N-methyl/N-ethyl adjacent to an activating group) is 1. The van der Waals surface area contributed by atoms with Crippen LogP contribution in [0.15, 0.2) is 35.2 Å². The zero-order valence-electron chi connectivity index (χ0n) is 19.0. The molecule has 0 spiro atoms. The fourth-order valence-electron chi connectivity index (χ4n) is 3.43. The van der Waals surface area contributed by atoms with Crippen LogP contribution in [0.2, 0.25) is 0 Å². The van der Waals surface area contributed by atoms with Crippen LogP contribution >= 0.6 is 0 Å². The van der Waals surface area contributed by atoms with E-state index in [1.165, 1.54) is 15.9 Å². The number of carbonyl (C=O) groups is 1. The van der Waals surface area contributed by atoms with E-state index in [0.29, 0.717) is 41.5 Å². The van der Waals surface area contributed by atoms with Crippen molar-refractivity contribution >= 4 is 35.0 Å². The molecule has 33 heavy (non-hydrogen) atoms.